The molecule has 0 unspecified atom stereocenters. The molecule has 1 aromatic rings. The number of carbonyl (C=O) groups is 1. The largest absolute Gasteiger partial charge is 0.507 e. The molecule has 17 heavy (non-hydrogen) atoms. The molecule has 0 aromatic heterocycles. The molecule has 1 aliphatic rings. The average molecular weight is 226 g/mol. The minimum Gasteiger partial charge on any atom is -0.507 e. The minimum atomic E-state index is -0.171. The lowest BCUT2D eigenvalue weighted by molar-refractivity contribution is 0.104. The molecule has 1 N–H and O–H groups in total. The van der Waals surface area contributed by atoms with Gasteiger partial charge < -0.3 is 5.11 Å². The van der Waals surface area contributed by atoms with Crippen molar-refractivity contribution in [3.05, 3.63) is 65.3 Å². The fourth-order valence-electron chi connectivity index (χ4n) is 1.71. The maximum atomic E-state index is 11.8. The molecule has 0 saturated carbocycles. The summed E-state index contributed by atoms with van der Waals surface area (Å²) in [5.41, 5.74) is 2.38. The van der Waals surface area contributed by atoms with Gasteiger partial charge in [0.15, 0.2) is 5.78 Å². The monoisotopic (exact) mass is 226 g/mol. The lowest BCUT2D eigenvalue weighted by atomic mass is 10.1. The summed E-state index contributed by atoms with van der Waals surface area (Å²) < 4.78 is 0. The number of hydrogen-bond donors (Lipinski definition) is 1. The maximum absolute atomic E-state index is 11.8. The molecule has 1 aliphatic carbocycles. The molecule has 0 saturated heterocycles. The van der Waals surface area contributed by atoms with E-state index in [4.69, 9.17) is 0 Å². The second-order valence-corrected chi connectivity index (χ2v) is 4.09. The highest BCUT2D eigenvalue weighted by molar-refractivity contribution is 6.06. The Morgan fingerprint density at radius 1 is 1.41 bits per heavy atom. The van der Waals surface area contributed by atoms with Gasteiger partial charge in [0.1, 0.15) is 5.75 Å². The third-order valence-electron chi connectivity index (χ3n) is 2.67. The van der Waals surface area contributed by atoms with E-state index >= 15 is 0 Å². The van der Waals surface area contributed by atoms with Crippen molar-refractivity contribution in [2.45, 2.75) is 13.3 Å². The van der Waals surface area contributed by atoms with Crippen LogP contribution < -0.4 is 0 Å². The second kappa shape index (κ2) is 4.83. The summed E-state index contributed by atoms with van der Waals surface area (Å²) in [5, 5.41) is 9.67. The zero-order valence-electron chi connectivity index (χ0n) is 9.68. The molecular formula is C15H14O2. The first-order chi connectivity index (χ1) is 8.16. The summed E-state index contributed by atoms with van der Waals surface area (Å²) in [7, 11) is 0. The molecule has 1 aromatic carbocycles. The van der Waals surface area contributed by atoms with Gasteiger partial charge in [-0.15, -0.1) is 0 Å². The Hall–Kier alpha value is -2.09. The van der Waals surface area contributed by atoms with Crippen molar-refractivity contribution < 1.29 is 9.90 Å². The highest BCUT2D eigenvalue weighted by Crippen LogP contribution is 2.20. The Balaban J connectivity index is 2.14. The van der Waals surface area contributed by atoms with E-state index < -0.39 is 0 Å². The van der Waals surface area contributed by atoms with Gasteiger partial charge in [0.25, 0.3) is 0 Å². The fraction of sp³-hybridized carbons (Fsp3) is 0.133. The highest BCUT2D eigenvalue weighted by atomic mass is 16.3. The molecule has 2 nitrogen and oxygen atoms in total. The van der Waals surface area contributed by atoms with Crippen LogP contribution in [0.3, 0.4) is 0 Å². The Morgan fingerprint density at radius 3 is 2.88 bits per heavy atom. The van der Waals surface area contributed by atoms with Gasteiger partial charge >= 0.3 is 0 Å². The van der Waals surface area contributed by atoms with Crippen molar-refractivity contribution in [3.8, 4) is 5.75 Å². The number of rotatable bonds is 3. The van der Waals surface area contributed by atoms with Crippen LogP contribution in [0.15, 0.2) is 54.2 Å². The minimum absolute atomic E-state index is 0.0400. The van der Waals surface area contributed by atoms with Gasteiger partial charge in [0.05, 0.1) is 5.56 Å². The van der Waals surface area contributed by atoms with Crippen molar-refractivity contribution in [1.82, 2.24) is 0 Å². The number of carbonyl (C=O) groups excluding carboxylic acids is 1. The van der Waals surface area contributed by atoms with Gasteiger partial charge in [-0.1, -0.05) is 30.4 Å². The first-order valence-corrected chi connectivity index (χ1v) is 5.54. The lowest BCUT2D eigenvalue weighted by Crippen LogP contribution is -1.95. The van der Waals surface area contributed by atoms with Gasteiger partial charge in [-0.25, -0.2) is 0 Å². The van der Waals surface area contributed by atoms with E-state index in [1.165, 1.54) is 6.08 Å². The summed E-state index contributed by atoms with van der Waals surface area (Å²) in [6.45, 7) is 1.87. The Kier molecular flexibility index (Phi) is 3.24. The Morgan fingerprint density at radius 2 is 2.24 bits per heavy atom. The van der Waals surface area contributed by atoms with Crippen LogP contribution in [0.2, 0.25) is 0 Å². The second-order valence-electron chi connectivity index (χ2n) is 4.09. The Labute approximate surface area is 101 Å². The topological polar surface area (TPSA) is 37.3 Å². The molecule has 86 valence electrons. The van der Waals surface area contributed by atoms with Crippen LogP contribution >= 0.6 is 0 Å². The smallest absolute Gasteiger partial charge is 0.189 e. The predicted molar refractivity (Wildman–Crippen MR) is 68.2 cm³/mol. The van der Waals surface area contributed by atoms with E-state index in [9.17, 15) is 9.90 Å². The van der Waals surface area contributed by atoms with Gasteiger partial charge in [0, 0.05) is 0 Å². The molecule has 0 heterocycles. The third-order valence-corrected chi connectivity index (χ3v) is 2.67. The average Bonchev–Trinajstić information content (AvgIpc) is 2.78. The molecule has 0 aliphatic heterocycles. The molecule has 0 spiro atoms. The normalized spacial score (nSPS) is 14.3. The highest BCUT2D eigenvalue weighted by Gasteiger charge is 2.08. The molecule has 0 radical (unpaired) electrons. The van der Waals surface area contributed by atoms with Crippen LogP contribution in [-0.4, -0.2) is 10.9 Å². The van der Waals surface area contributed by atoms with Crippen LogP contribution in [0, 0.1) is 6.92 Å². The zero-order chi connectivity index (χ0) is 12.3. The first kappa shape index (κ1) is 11.4. The standard InChI is InChI=1S/C15H14O2/c1-11-6-8-13(15(17)10-11)14(16)9-7-12-4-2-3-5-12/h2-4,6-10,17H,5H2,1H3. The van der Waals surface area contributed by atoms with Crippen molar-refractivity contribution in [3.63, 3.8) is 0 Å². The van der Waals surface area contributed by atoms with Crippen LogP contribution in [-0.2, 0) is 0 Å². The van der Waals surface area contributed by atoms with Gasteiger partial charge in [-0.05, 0) is 42.7 Å². The van der Waals surface area contributed by atoms with E-state index in [-0.39, 0.29) is 11.5 Å². The quantitative estimate of drug-likeness (QED) is 0.634. The summed E-state index contributed by atoms with van der Waals surface area (Å²) in [6.07, 6.45) is 10.1. The molecule has 2 heteroatoms. The van der Waals surface area contributed by atoms with Crippen molar-refractivity contribution >= 4 is 5.78 Å². The van der Waals surface area contributed by atoms with E-state index in [1.54, 1.807) is 18.2 Å². The maximum Gasteiger partial charge on any atom is 0.189 e. The number of phenolic OH excluding ortho intramolecular Hbond substituents is 1. The molecule has 0 bridgehead atoms. The molecule has 0 amide bonds. The SMILES string of the molecule is Cc1ccc(C(=O)C=CC2=CC=CC2)c(O)c1. The Bertz CT molecular complexity index is 534. The van der Waals surface area contributed by atoms with Crippen LogP contribution in [0.1, 0.15) is 22.3 Å². The molecule has 0 fully saturated rings. The van der Waals surface area contributed by atoms with Crippen LogP contribution in [0.5, 0.6) is 5.75 Å². The number of aryl methyl sites for hydroxylation is 1. The number of phenols is 1. The summed E-state index contributed by atoms with van der Waals surface area (Å²) in [6, 6.07) is 5.06. The van der Waals surface area contributed by atoms with Gasteiger partial charge in [-0.3, -0.25) is 4.79 Å². The number of hydrogen-bond acceptors (Lipinski definition) is 2. The summed E-state index contributed by atoms with van der Waals surface area (Å²) >= 11 is 0. The van der Waals surface area contributed by atoms with E-state index in [0.717, 1.165) is 17.6 Å². The van der Waals surface area contributed by atoms with E-state index in [1.807, 2.05) is 31.2 Å². The van der Waals surface area contributed by atoms with Crippen molar-refractivity contribution in [2.75, 3.05) is 0 Å². The summed E-state index contributed by atoms with van der Waals surface area (Å²) in [4.78, 5) is 11.8. The fourth-order valence-corrected chi connectivity index (χ4v) is 1.71. The van der Waals surface area contributed by atoms with Crippen molar-refractivity contribution in [2.24, 2.45) is 0 Å². The first-order valence-electron chi connectivity index (χ1n) is 5.54. The molecule has 2 rings (SSSR count). The molecular weight excluding hydrogens is 212 g/mol. The number of ketones is 1. The lowest BCUT2D eigenvalue weighted by Gasteiger charge is -2.01. The van der Waals surface area contributed by atoms with Crippen molar-refractivity contribution in [1.29, 1.82) is 0 Å². The third kappa shape index (κ3) is 2.72. The number of aromatic hydroxyl groups is 1. The van der Waals surface area contributed by atoms with E-state index in [0.29, 0.717) is 5.56 Å². The van der Waals surface area contributed by atoms with E-state index in [2.05, 4.69) is 0 Å². The van der Waals surface area contributed by atoms with Crippen LogP contribution in [0.25, 0.3) is 0 Å². The predicted octanol–water partition coefficient (Wildman–Crippen LogP) is 3.33. The van der Waals surface area contributed by atoms with Gasteiger partial charge in [0.2, 0.25) is 0 Å². The zero-order valence-corrected chi connectivity index (χ0v) is 9.68. The number of benzene rings is 1. The van der Waals surface area contributed by atoms with Gasteiger partial charge in [-0.2, -0.15) is 0 Å². The van der Waals surface area contributed by atoms with Crippen LogP contribution in [0.4, 0.5) is 0 Å². The summed E-state index contributed by atoms with van der Waals surface area (Å²) in [5.74, 6) is -0.131. The molecule has 0 atom stereocenters. The number of allylic oxidation sites excluding steroid dienone is 6.